The Morgan fingerprint density at radius 3 is 2.75 bits per heavy atom. The van der Waals surface area contributed by atoms with E-state index in [0.717, 1.165) is 38.3 Å². The van der Waals surface area contributed by atoms with Crippen molar-refractivity contribution in [1.29, 1.82) is 0 Å². The summed E-state index contributed by atoms with van der Waals surface area (Å²) in [4.78, 5) is 25.6. The van der Waals surface area contributed by atoms with Crippen LogP contribution in [-0.4, -0.2) is 48.9 Å². The van der Waals surface area contributed by atoms with Crippen molar-refractivity contribution >= 4 is 11.8 Å². The van der Waals surface area contributed by atoms with Crippen LogP contribution in [0.4, 0.5) is 0 Å². The van der Waals surface area contributed by atoms with E-state index in [4.69, 9.17) is 0 Å². The van der Waals surface area contributed by atoms with E-state index in [1.165, 1.54) is 12.8 Å². The topological polar surface area (TPSA) is 61.4 Å². The fourth-order valence-electron chi connectivity index (χ4n) is 2.67. The van der Waals surface area contributed by atoms with Gasteiger partial charge in [0.25, 0.3) is 0 Å². The van der Waals surface area contributed by atoms with Gasteiger partial charge in [-0.1, -0.05) is 6.92 Å². The van der Waals surface area contributed by atoms with E-state index in [1.807, 2.05) is 11.8 Å². The maximum absolute atomic E-state index is 12.1. The third kappa shape index (κ3) is 5.12. The molecule has 0 aromatic carbocycles. The second kappa shape index (κ2) is 7.62. The van der Waals surface area contributed by atoms with Crippen molar-refractivity contribution in [2.75, 3.05) is 26.2 Å². The van der Waals surface area contributed by atoms with Crippen LogP contribution in [-0.2, 0) is 9.59 Å². The molecule has 0 aromatic heterocycles. The molecule has 2 aliphatic rings. The normalized spacial score (nSPS) is 22.6. The summed E-state index contributed by atoms with van der Waals surface area (Å²) < 4.78 is 0. The van der Waals surface area contributed by atoms with Crippen LogP contribution in [0.3, 0.4) is 0 Å². The number of rotatable bonds is 7. The largest absolute Gasteiger partial charge is 0.352 e. The molecule has 5 heteroatoms. The highest BCUT2D eigenvalue weighted by atomic mass is 16.2. The van der Waals surface area contributed by atoms with Crippen LogP contribution >= 0.6 is 0 Å². The molecule has 0 spiro atoms. The molecule has 2 N–H and O–H groups in total. The predicted molar refractivity (Wildman–Crippen MR) is 78.2 cm³/mol. The molecule has 1 aliphatic heterocycles. The number of likely N-dealkylation sites (tertiary alicyclic amines) is 1. The number of nitrogens with one attached hydrogen (secondary N) is 2. The van der Waals surface area contributed by atoms with Crippen LogP contribution < -0.4 is 10.6 Å². The van der Waals surface area contributed by atoms with Crippen molar-refractivity contribution in [2.45, 2.75) is 51.5 Å². The van der Waals surface area contributed by atoms with Gasteiger partial charge < -0.3 is 15.5 Å². The number of carbonyl (C=O) groups is 2. The lowest BCUT2D eigenvalue weighted by Crippen LogP contribution is -2.51. The van der Waals surface area contributed by atoms with Crippen LogP contribution in [0.15, 0.2) is 0 Å². The van der Waals surface area contributed by atoms with E-state index in [-0.39, 0.29) is 17.9 Å². The van der Waals surface area contributed by atoms with E-state index in [1.54, 1.807) is 0 Å². The Hall–Kier alpha value is -1.10. The molecule has 114 valence electrons. The summed E-state index contributed by atoms with van der Waals surface area (Å²) in [6.45, 7) is 4.90. The third-order valence-electron chi connectivity index (χ3n) is 4.02. The molecule has 1 saturated heterocycles. The Kier molecular flexibility index (Phi) is 5.83. The van der Waals surface area contributed by atoms with Crippen LogP contribution in [0.1, 0.15) is 45.4 Å². The van der Waals surface area contributed by atoms with Crippen molar-refractivity contribution in [3.05, 3.63) is 0 Å². The predicted octanol–water partition coefficient (Wildman–Crippen LogP) is 0.893. The summed E-state index contributed by atoms with van der Waals surface area (Å²) in [5.74, 6) is 1.07. The molecule has 1 aliphatic carbocycles. The monoisotopic (exact) mass is 281 g/mol. The van der Waals surface area contributed by atoms with E-state index < -0.39 is 0 Å². The van der Waals surface area contributed by atoms with Gasteiger partial charge in [-0.2, -0.15) is 0 Å². The Morgan fingerprint density at radius 2 is 2.05 bits per heavy atom. The fraction of sp³-hybridized carbons (Fsp3) is 0.867. The summed E-state index contributed by atoms with van der Waals surface area (Å²) >= 11 is 0. The fourth-order valence-corrected chi connectivity index (χ4v) is 2.67. The van der Waals surface area contributed by atoms with Gasteiger partial charge >= 0.3 is 0 Å². The number of piperidine rings is 1. The van der Waals surface area contributed by atoms with Gasteiger partial charge in [-0.3, -0.25) is 9.59 Å². The SMILES string of the molecule is CCCC(=O)NC1CCCN(C(=O)CNCC2CC2)C1. The van der Waals surface area contributed by atoms with Gasteiger partial charge in [0, 0.05) is 25.6 Å². The summed E-state index contributed by atoms with van der Waals surface area (Å²) in [5, 5.41) is 6.28. The van der Waals surface area contributed by atoms with Crippen molar-refractivity contribution < 1.29 is 9.59 Å². The van der Waals surface area contributed by atoms with E-state index >= 15 is 0 Å². The molecule has 20 heavy (non-hydrogen) atoms. The van der Waals surface area contributed by atoms with Gasteiger partial charge in [0.2, 0.25) is 11.8 Å². The summed E-state index contributed by atoms with van der Waals surface area (Å²) in [7, 11) is 0. The molecule has 1 heterocycles. The number of hydrogen-bond donors (Lipinski definition) is 2. The lowest BCUT2D eigenvalue weighted by Gasteiger charge is -2.33. The van der Waals surface area contributed by atoms with Gasteiger partial charge in [-0.25, -0.2) is 0 Å². The molecule has 0 bridgehead atoms. The molecule has 2 amide bonds. The number of carbonyl (C=O) groups excluding carboxylic acids is 2. The van der Waals surface area contributed by atoms with Crippen LogP contribution in [0, 0.1) is 5.92 Å². The second-order valence-corrected chi connectivity index (χ2v) is 6.07. The van der Waals surface area contributed by atoms with Gasteiger partial charge in [0.05, 0.1) is 6.54 Å². The first kappa shape index (κ1) is 15.3. The average Bonchev–Trinajstić information content (AvgIpc) is 3.23. The maximum atomic E-state index is 12.1. The number of nitrogens with zero attached hydrogens (tertiary/aromatic N) is 1. The summed E-state index contributed by atoms with van der Waals surface area (Å²) in [5.41, 5.74) is 0. The van der Waals surface area contributed by atoms with Crippen LogP contribution in [0.5, 0.6) is 0 Å². The molecule has 5 nitrogen and oxygen atoms in total. The highest BCUT2D eigenvalue weighted by Gasteiger charge is 2.25. The van der Waals surface area contributed by atoms with Crippen LogP contribution in [0.2, 0.25) is 0 Å². The molecule has 1 unspecified atom stereocenters. The van der Waals surface area contributed by atoms with Crippen molar-refractivity contribution in [1.82, 2.24) is 15.5 Å². The molecule has 1 saturated carbocycles. The molecule has 0 aromatic rings. The third-order valence-corrected chi connectivity index (χ3v) is 4.02. The second-order valence-electron chi connectivity index (χ2n) is 6.07. The Bertz CT molecular complexity index is 342. The zero-order valence-corrected chi connectivity index (χ0v) is 12.5. The Morgan fingerprint density at radius 1 is 1.25 bits per heavy atom. The molecule has 0 radical (unpaired) electrons. The average molecular weight is 281 g/mol. The van der Waals surface area contributed by atoms with E-state index in [9.17, 15) is 9.59 Å². The number of hydrogen-bond acceptors (Lipinski definition) is 3. The number of amides is 2. The standard InChI is InChI=1S/C15H27N3O2/c1-2-4-14(19)17-13-5-3-8-18(11-13)15(20)10-16-9-12-6-7-12/h12-13,16H,2-11H2,1H3,(H,17,19). The van der Waals surface area contributed by atoms with Crippen molar-refractivity contribution in [3.63, 3.8) is 0 Å². The van der Waals surface area contributed by atoms with Crippen molar-refractivity contribution in [2.24, 2.45) is 5.92 Å². The minimum Gasteiger partial charge on any atom is -0.352 e. The first-order valence-electron chi connectivity index (χ1n) is 7.97. The van der Waals surface area contributed by atoms with E-state index in [0.29, 0.717) is 19.5 Å². The summed E-state index contributed by atoms with van der Waals surface area (Å²) in [6.07, 6.45) is 6.01. The molecule has 1 atom stereocenters. The molecule has 2 rings (SSSR count). The molecular weight excluding hydrogens is 254 g/mol. The van der Waals surface area contributed by atoms with Gasteiger partial charge in [0.15, 0.2) is 0 Å². The zero-order chi connectivity index (χ0) is 14.4. The molecular formula is C15H27N3O2. The highest BCUT2D eigenvalue weighted by molar-refractivity contribution is 5.79. The Labute approximate surface area is 121 Å². The minimum atomic E-state index is 0.110. The van der Waals surface area contributed by atoms with Gasteiger partial charge in [-0.15, -0.1) is 0 Å². The lowest BCUT2D eigenvalue weighted by molar-refractivity contribution is -0.132. The summed E-state index contributed by atoms with van der Waals surface area (Å²) in [6, 6.07) is 0.134. The first-order valence-corrected chi connectivity index (χ1v) is 7.97. The minimum absolute atomic E-state index is 0.110. The van der Waals surface area contributed by atoms with Gasteiger partial charge in [0.1, 0.15) is 0 Å². The smallest absolute Gasteiger partial charge is 0.236 e. The van der Waals surface area contributed by atoms with E-state index in [2.05, 4.69) is 10.6 Å². The van der Waals surface area contributed by atoms with Crippen LogP contribution in [0.25, 0.3) is 0 Å². The lowest BCUT2D eigenvalue weighted by atomic mass is 10.1. The Balaban J connectivity index is 1.68. The maximum Gasteiger partial charge on any atom is 0.236 e. The van der Waals surface area contributed by atoms with Crippen molar-refractivity contribution in [3.8, 4) is 0 Å². The van der Waals surface area contributed by atoms with Gasteiger partial charge in [-0.05, 0) is 44.6 Å². The molecule has 2 fully saturated rings. The quantitative estimate of drug-likeness (QED) is 0.728. The zero-order valence-electron chi connectivity index (χ0n) is 12.5. The first-order chi connectivity index (χ1) is 9.69. The highest BCUT2D eigenvalue weighted by Crippen LogP contribution is 2.27.